The van der Waals surface area contributed by atoms with E-state index in [9.17, 15) is 9.59 Å². The van der Waals surface area contributed by atoms with Crippen LogP contribution in [0.15, 0.2) is 0 Å². The van der Waals surface area contributed by atoms with E-state index in [2.05, 4.69) is 5.32 Å². The smallest absolute Gasteiger partial charge is 0.326 e. The maximum Gasteiger partial charge on any atom is 0.326 e. The van der Waals surface area contributed by atoms with Gasteiger partial charge in [-0.05, 0) is 6.42 Å². The first-order valence-electron chi connectivity index (χ1n) is 4.14. The summed E-state index contributed by atoms with van der Waals surface area (Å²) < 4.78 is 0. The molecular weight excluding hydrogens is 158 g/mol. The molecule has 0 saturated carbocycles. The summed E-state index contributed by atoms with van der Waals surface area (Å²) in [4.78, 5) is 21.4. The predicted octanol–water partition coefficient (Wildman–Crippen LogP) is 0.766. The van der Waals surface area contributed by atoms with E-state index < -0.39 is 12.0 Å². The van der Waals surface area contributed by atoms with Crippen molar-refractivity contribution in [1.82, 2.24) is 5.32 Å². The second kappa shape index (κ2) is 5.57. The SMILES string of the molecule is CCCC(NC(=O)CC)C(=O)O. The Bertz CT molecular complexity index is 166. The van der Waals surface area contributed by atoms with Crippen molar-refractivity contribution >= 4 is 11.9 Å². The summed E-state index contributed by atoms with van der Waals surface area (Å²) >= 11 is 0. The van der Waals surface area contributed by atoms with Crippen LogP contribution in [0.4, 0.5) is 0 Å². The van der Waals surface area contributed by atoms with Crippen LogP contribution in [0.5, 0.6) is 0 Å². The highest BCUT2D eigenvalue weighted by Gasteiger charge is 2.17. The maximum absolute atomic E-state index is 10.8. The molecule has 0 aromatic heterocycles. The standard InChI is InChI=1S/C8H15NO3/c1-3-5-6(8(11)12)9-7(10)4-2/h6H,3-5H2,1-2H3,(H,9,10)(H,11,12). The van der Waals surface area contributed by atoms with E-state index in [4.69, 9.17) is 5.11 Å². The molecule has 0 aliphatic carbocycles. The van der Waals surface area contributed by atoms with Gasteiger partial charge in [0, 0.05) is 6.42 Å². The van der Waals surface area contributed by atoms with E-state index >= 15 is 0 Å². The van der Waals surface area contributed by atoms with Crippen LogP contribution in [0.25, 0.3) is 0 Å². The van der Waals surface area contributed by atoms with Crippen LogP contribution in [-0.4, -0.2) is 23.0 Å². The predicted molar refractivity (Wildman–Crippen MR) is 44.8 cm³/mol. The molecule has 0 aromatic rings. The quantitative estimate of drug-likeness (QED) is 0.645. The summed E-state index contributed by atoms with van der Waals surface area (Å²) in [6, 6.07) is -0.720. The summed E-state index contributed by atoms with van der Waals surface area (Å²) in [5.74, 6) is -1.17. The third kappa shape index (κ3) is 3.95. The molecule has 1 amide bonds. The largest absolute Gasteiger partial charge is 0.480 e. The van der Waals surface area contributed by atoms with Gasteiger partial charge in [-0.15, -0.1) is 0 Å². The molecule has 0 saturated heterocycles. The zero-order chi connectivity index (χ0) is 9.56. The highest BCUT2D eigenvalue weighted by atomic mass is 16.4. The highest BCUT2D eigenvalue weighted by molar-refractivity contribution is 5.83. The zero-order valence-corrected chi connectivity index (χ0v) is 7.46. The van der Waals surface area contributed by atoms with Gasteiger partial charge in [0.2, 0.25) is 5.91 Å². The monoisotopic (exact) mass is 173 g/mol. The van der Waals surface area contributed by atoms with Gasteiger partial charge in [-0.1, -0.05) is 20.3 Å². The molecular formula is C8H15NO3. The average molecular weight is 173 g/mol. The van der Waals surface area contributed by atoms with Crippen LogP contribution in [-0.2, 0) is 9.59 Å². The molecule has 0 aromatic carbocycles. The molecule has 0 rings (SSSR count). The molecule has 4 nitrogen and oxygen atoms in total. The van der Waals surface area contributed by atoms with Crippen LogP contribution < -0.4 is 5.32 Å². The first-order valence-corrected chi connectivity index (χ1v) is 4.14. The maximum atomic E-state index is 10.8. The van der Waals surface area contributed by atoms with Crippen molar-refractivity contribution < 1.29 is 14.7 Å². The normalized spacial score (nSPS) is 12.2. The topological polar surface area (TPSA) is 66.4 Å². The van der Waals surface area contributed by atoms with Crippen LogP contribution >= 0.6 is 0 Å². The zero-order valence-electron chi connectivity index (χ0n) is 7.46. The van der Waals surface area contributed by atoms with Gasteiger partial charge in [0.1, 0.15) is 6.04 Å². The van der Waals surface area contributed by atoms with Crippen molar-refractivity contribution in [3.8, 4) is 0 Å². The minimum atomic E-state index is -0.960. The molecule has 4 heteroatoms. The van der Waals surface area contributed by atoms with Gasteiger partial charge in [0.15, 0.2) is 0 Å². The number of carboxylic acids is 1. The molecule has 0 aliphatic rings. The third-order valence-electron chi connectivity index (χ3n) is 1.53. The first kappa shape index (κ1) is 10.9. The Balaban J connectivity index is 3.95. The lowest BCUT2D eigenvalue weighted by Gasteiger charge is -2.12. The van der Waals surface area contributed by atoms with Crippen molar-refractivity contribution in [1.29, 1.82) is 0 Å². The van der Waals surface area contributed by atoms with Gasteiger partial charge in [-0.3, -0.25) is 4.79 Å². The Hall–Kier alpha value is -1.06. The summed E-state index contributed by atoms with van der Waals surface area (Å²) in [5, 5.41) is 11.1. The number of carbonyl (C=O) groups excluding carboxylic acids is 1. The lowest BCUT2D eigenvalue weighted by atomic mass is 10.1. The van der Waals surface area contributed by atoms with E-state index in [0.717, 1.165) is 6.42 Å². The fourth-order valence-corrected chi connectivity index (χ4v) is 0.842. The van der Waals surface area contributed by atoms with Crippen LogP contribution in [0.1, 0.15) is 33.1 Å². The number of carbonyl (C=O) groups is 2. The third-order valence-corrected chi connectivity index (χ3v) is 1.53. The molecule has 2 N–H and O–H groups in total. The summed E-state index contributed by atoms with van der Waals surface area (Å²) in [5.41, 5.74) is 0. The lowest BCUT2D eigenvalue weighted by molar-refractivity contribution is -0.142. The molecule has 1 unspecified atom stereocenters. The molecule has 0 fully saturated rings. The molecule has 0 bridgehead atoms. The number of hydrogen-bond acceptors (Lipinski definition) is 2. The second-order valence-corrected chi connectivity index (χ2v) is 2.60. The van der Waals surface area contributed by atoms with Crippen LogP contribution in [0, 0.1) is 0 Å². The average Bonchev–Trinajstić information content (AvgIpc) is 2.03. The molecule has 0 heterocycles. The molecule has 0 aliphatic heterocycles. The van der Waals surface area contributed by atoms with Gasteiger partial charge in [0.25, 0.3) is 0 Å². The molecule has 0 radical (unpaired) electrons. The second-order valence-electron chi connectivity index (χ2n) is 2.60. The van der Waals surface area contributed by atoms with E-state index in [0.29, 0.717) is 12.8 Å². The van der Waals surface area contributed by atoms with Gasteiger partial charge in [-0.25, -0.2) is 4.79 Å². The number of hydrogen-bond donors (Lipinski definition) is 2. The van der Waals surface area contributed by atoms with E-state index in [1.54, 1.807) is 6.92 Å². The van der Waals surface area contributed by atoms with Crippen molar-refractivity contribution in [2.45, 2.75) is 39.2 Å². The van der Waals surface area contributed by atoms with Gasteiger partial charge in [0.05, 0.1) is 0 Å². The molecule has 12 heavy (non-hydrogen) atoms. The van der Waals surface area contributed by atoms with Crippen molar-refractivity contribution in [3.63, 3.8) is 0 Å². The number of nitrogens with one attached hydrogen (secondary N) is 1. The number of amides is 1. The van der Waals surface area contributed by atoms with E-state index in [1.165, 1.54) is 0 Å². The number of rotatable bonds is 5. The highest BCUT2D eigenvalue weighted by Crippen LogP contribution is 1.96. The number of aliphatic carboxylic acids is 1. The van der Waals surface area contributed by atoms with Crippen molar-refractivity contribution in [2.75, 3.05) is 0 Å². The summed E-state index contributed by atoms with van der Waals surface area (Å²) in [7, 11) is 0. The van der Waals surface area contributed by atoms with Crippen molar-refractivity contribution in [3.05, 3.63) is 0 Å². The summed E-state index contributed by atoms with van der Waals surface area (Å²) in [6.07, 6.45) is 1.57. The van der Waals surface area contributed by atoms with Crippen LogP contribution in [0.3, 0.4) is 0 Å². The Labute approximate surface area is 72.0 Å². The van der Waals surface area contributed by atoms with E-state index in [1.807, 2.05) is 6.92 Å². The Morgan fingerprint density at radius 3 is 2.33 bits per heavy atom. The van der Waals surface area contributed by atoms with Crippen molar-refractivity contribution in [2.24, 2.45) is 0 Å². The molecule has 1 atom stereocenters. The fraction of sp³-hybridized carbons (Fsp3) is 0.750. The first-order chi connectivity index (χ1) is 5.61. The number of carboxylic acid groups (broad SMARTS) is 1. The van der Waals surface area contributed by atoms with Crippen LogP contribution in [0.2, 0.25) is 0 Å². The Morgan fingerprint density at radius 2 is 2.00 bits per heavy atom. The van der Waals surface area contributed by atoms with Gasteiger partial charge in [-0.2, -0.15) is 0 Å². The Kier molecular flexibility index (Phi) is 5.08. The van der Waals surface area contributed by atoms with Gasteiger partial charge < -0.3 is 10.4 Å². The minimum absolute atomic E-state index is 0.212. The lowest BCUT2D eigenvalue weighted by Crippen LogP contribution is -2.40. The minimum Gasteiger partial charge on any atom is -0.480 e. The Morgan fingerprint density at radius 1 is 1.42 bits per heavy atom. The molecule has 70 valence electrons. The van der Waals surface area contributed by atoms with Gasteiger partial charge >= 0.3 is 5.97 Å². The van der Waals surface area contributed by atoms with E-state index in [-0.39, 0.29) is 5.91 Å². The summed E-state index contributed by atoms with van der Waals surface area (Å²) in [6.45, 7) is 3.58. The molecule has 0 spiro atoms. The fourth-order valence-electron chi connectivity index (χ4n) is 0.842.